The molecule has 0 saturated carbocycles. The number of aromatic nitrogens is 2. The van der Waals surface area contributed by atoms with Gasteiger partial charge in [-0.2, -0.15) is 0 Å². The molecule has 0 spiro atoms. The highest BCUT2D eigenvalue weighted by atomic mass is 16.5. The predicted octanol–water partition coefficient (Wildman–Crippen LogP) is 4.01. The van der Waals surface area contributed by atoms with Crippen molar-refractivity contribution in [2.45, 2.75) is 13.8 Å². The van der Waals surface area contributed by atoms with Crippen LogP contribution in [0.3, 0.4) is 0 Å². The van der Waals surface area contributed by atoms with Gasteiger partial charge in [0.05, 0.1) is 30.4 Å². The summed E-state index contributed by atoms with van der Waals surface area (Å²) in [5, 5.41) is 1.53. The molecular weight excluding hydrogens is 320 g/mol. The van der Waals surface area contributed by atoms with Gasteiger partial charge in [-0.25, -0.2) is 19.1 Å². The maximum atomic E-state index is 12.5. The maximum absolute atomic E-state index is 12.5. The van der Waals surface area contributed by atoms with Crippen molar-refractivity contribution < 1.29 is 19.1 Å². The van der Waals surface area contributed by atoms with Crippen LogP contribution in [0.5, 0.6) is 0 Å². The molecule has 0 amide bonds. The van der Waals surface area contributed by atoms with E-state index in [4.69, 9.17) is 9.47 Å². The molecule has 0 fully saturated rings. The molecular formula is C19H18N2O4. The van der Waals surface area contributed by atoms with Crippen molar-refractivity contribution in [2.24, 2.45) is 0 Å². The van der Waals surface area contributed by atoms with Gasteiger partial charge in [0.2, 0.25) is 0 Å². The summed E-state index contributed by atoms with van der Waals surface area (Å²) in [7, 11) is 0. The van der Waals surface area contributed by atoms with Crippen molar-refractivity contribution >= 4 is 39.9 Å². The first-order chi connectivity index (χ1) is 12.1. The number of rotatable bonds is 4. The minimum atomic E-state index is -0.521. The summed E-state index contributed by atoms with van der Waals surface area (Å²) in [6, 6.07) is 7.41. The van der Waals surface area contributed by atoms with Gasteiger partial charge < -0.3 is 9.47 Å². The Morgan fingerprint density at radius 1 is 1.16 bits per heavy atom. The van der Waals surface area contributed by atoms with Crippen molar-refractivity contribution in [1.29, 1.82) is 0 Å². The number of nitrogens with zero attached hydrogens (tertiary/aromatic N) is 2. The van der Waals surface area contributed by atoms with Gasteiger partial charge in [0, 0.05) is 16.3 Å². The van der Waals surface area contributed by atoms with Crippen molar-refractivity contribution in [1.82, 2.24) is 9.55 Å². The zero-order valence-electron chi connectivity index (χ0n) is 14.1. The molecule has 0 bridgehead atoms. The molecule has 3 rings (SSSR count). The number of pyridine rings is 1. The topological polar surface area (TPSA) is 70.4 Å². The molecule has 25 heavy (non-hydrogen) atoms. The SMILES string of the molecule is C=Cc1c(C(=O)OCC)ncc2c1c1ccccc1n2C(=O)OCC. The van der Waals surface area contributed by atoms with Crippen LogP contribution in [0.25, 0.3) is 27.9 Å². The van der Waals surface area contributed by atoms with E-state index >= 15 is 0 Å². The Balaban J connectivity index is 2.41. The normalized spacial score (nSPS) is 10.8. The highest BCUT2D eigenvalue weighted by molar-refractivity contribution is 6.17. The molecule has 3 aromatic rings. The quantitative estimate of drug-likeness (QED) is 0.672. The van der Waals surface area contributed by atoms with Crippen LogP contribution in [0.15, 0.2) is 37.0 Å². The van der Waals surface area contributed by atoms with Crippen LogP contribution in [0.4, 0.5) is 4.79 Å². The zero-order valence-corrected chi connectivity index (χ0v) is 14.1. The van der Waals surface area contributed by atoms with Gasteiger partial charge in [-0.1, -0.05) is 30.9 Å². The summed E-state index contributed by atoms with van der Waals surface area (Å²) in [5.41, 5.74) is 1.95. The predicted molar refractivity (Wildman–Crippen MR) is 95.7 cm³/mol. The van der Waals surface area contributed by atoms with Crippen LogP contribution >= 0.6 is 0 Å². The Hall–Kier alpha value is -3.15. The highest BCUT2D eigenvalue weighted by Crippen LogP contribution is 2.33. The minimum Gasteiger partial charge on any atom is -0.461 e. The van der Waals surface area contributed by atoms with Crippen molar-refractivity contribution in [3.8, 4) is 0 Å². The van der Waals surface area contributed by atoms with Gasteiger partial charge in [-0.3, -0.25) is 0 Å². The number of carbonyl (C=O) groups excluding carboxylic acids is 2. The molecule has 0 unspecified atom stereocenters. The lowest BCUT2D eigenvalue weighted by molar-refractivity contribution is 0.0519. The number of hydrogen-bond donors (Lipinski definition) is 0. The summed E-state index contributed by atoms with van der Waals surface area (Å²) >= 11 is 0. The lowest BCUT2D eigenvalue weighted by atomic mass is 10.1. The van der Waals surface area contributed by atoms with Gasteiger partial charge in [0.1, 0.15) is 0 Å². The summed E-state index contributed by atoms with van der Waals surface area (Å²) in [5.74, 6) is -0.521. The third kappa shape index (κ3) is 2.65. The number of fused-ring (bicyclic) bond motifs is 3. The molecule has 0 radical (unpaired) electrons. The second kappa shape index (κ2) is 6.76. The van der Waals surface area contributed by atoms with Crippen LogP contribution in [0.2, 0.25) is 0 Å². The first-order valence-corrected chi connectivity index (χ1v) is 8.02. The zero-order chi connectivity index (χ0) is 18.0. The van der Waals surface area contributed by atoms with E-state index in [2.05, 4.69) is 11.6 Å². The Labute approximate surface area is 144 Å². The van der Waals surface area contributed by atoms with E-state index in [1.807, 2.05) is 24.3 Å². The van der Waals surface area contributed by atoms with Crippen LogP contribution in [0.1, 0.15) is 29.9 Å². The van der Waals surface area contributed by atoms with E-state index in [1.165, 1.54) is 10.8 Å². The molecule has 0 saturated heterocycles. The smallest absolute Gasteiger partial charge is 0.419 e. The van der Waals surface area contributed by atoms with E-state index in [0.29, 0.717) is 16.6 Å². The van der Waals surface area contributed by atoms with E-state index < -0.39 is 12.1 Å². The largest absolute Gasteiger partial charge is 0.461 e. The fraction of sp³-hybridized carbons (Fsp3) is 0.211. The van der Waals surface area contributed by atoms with E-state index in [1.54, 1.807) is 19.9 Å². The van der Waals surface area contributed by atoms with Gasteiger partial charge in [0.25, 0.3) is 0 Å². The first kappa shape index (κ1) is 16.7. The maximum Gasteiger partial charge on any atom is 0.419 e. The number of benzene rings is 1. The summed E-state index contributed by atoms with van der Waals surface area (Å²) in [6.07, 6.45) is 2.56. The van der Waals surface area contributed by atoms with Crippen LogP contribution in [-0.2, 0) is 9.47 Å². The van der Waals surface area contributed by atoms with Crippen LogP contribution < -0.4 is 0 Å². The molecule has 0 aliphatic carbocycles. The van der Waals surface area contributed by atoms with Gasteiger partial charge >= 0.3 is 12.1 Å². The van der Waals surface area contributed by atoms with Crippen molar-refractivity contribution in [3.63, 3.8) is 0 Å². The molecule has 0 atom stereocenters. The number of para-hydroxylation sites is 1. The monoisotopic (exact) mass is 338 g/mol. The summed E-state index contributed by atoms with van der Waals surface area (Å²) < 4.78 is 11.7. The number of ether oxygens (including phenoxy) is 2. The second-order valence-corrected chi connectivity index (χ2v) is 5.26. The molecule has 1 aromatic carbocycles. The molecule has 0 aliphatic heterocycles. The number of hydrogen-bond acceptors (Lipinski definition) is 5. The number of esters is 1. The average Bonchev–Trinajstić information content (AvgIpc) is 2.95. The molecule has 6 nitrogen and oxygen atoms in total. The third-order valence-electron chi connectivity index (χ3n) is 3.88. The van der Waals surface area contributed by atoms with Crippen molar-refractivity contribution in [2.75, 3.05) is 13.2 Å². The number of carbonyl (C=O) groups is 2. The Morgan fingerprint density at radius 3 is 2.56 bits per heavy atom. The minimum absolute atomic E-state index is 0.177. The Morgan fingerprint density at radius 2 is 1.88 bits per heavy atom. The molecule has 0 N–H and O–H groups in total. The van der Waals surface area contributed by atoms with E-state index in [-0.39, 0.29) is 18.9 Å². The first-order valence-electron chi connectivity index (χ1n) is 8.02. The summed E-state index contributed by atoms with van der Waals surface area (Å²) in [6.45, 7) is 7.80. The van der Waals surface area contributed by atoms with Crippen LogP contribution in [-0.4, -0.2) is 34.8 Å². The Kier molecular flexibility index (Phi) is 4.52. The van der Waals surface area contributed by atoms with Gasteiger partial charge in [-0.15, -0.1) is 0 Å². The molecule has 2 aromatic heterocycles. The molecule has 128 valence electrons. The highest BCUT2D eigenvalue weighted by Gasteiger charge is 2.23. The van der Waals surface area contributed by atoms with Crippen LogP contribution in [0, 0.1) is 0 Å². The van der Waals surface area contributed by atoms with Gasteiger partial charge in [-0.05, 0) is 19.9 Å². The third-order valence-corrected chi connectivity index (χ3v) is 3.88. The molecule has 0 aliphatic rings. The lowest BCUT2D eigenvalue weighted by Gasteiger charge is -2.08. The fourth-order valence-electron chi connectivity index (χ4n) is 2.92. The summed E-state index contributed by atoms with van der Waals surface area (Å²) in [4.78, 5) is 28.9. The van der Waals surface area contributed by atoms with Crippen molar-refractivity contribution in [3.05, 3.63) is 48.3 Å². The molecule has 2 heterocycles. The van der Waals surface area contributed by atoms with Gasteiger partial charge in [0.15, 0.2) is 5.69 Å². The van der Waals surface area contributed by atoms with E-state index in [0.717, 1.165) is 10.8 Å². The van der Waals surface area contributed by atoms with E-state index in [9.17, 15) is 9.59 Å². The Bertz CT molecular complexity index is 988. The average molecular weight is 338 g/mol. The fourth-order valence-corrected chi connectivity index (χ4v) is 2.92. The molecule has 6 heteroatoms. The lowest BCUT2D eigenvalue weighted by Crippen LogP contribution is -2.14. The second-order valence-electron chi connectivity index (χ2n) is 5.26. The standard InChI is InChI=1S/C19H18N2O4/c1-4-12-16-13-9-7-8-10-14(13)21(19(23)25-6-3)15(16)11-20-17(12)18(22)24-5-2/h4,7-11H,1,5-6H2,2-3H3.